The van der Waals surface area contributed by atoms with E-state index in [1.54, 1.807) is 0 Å². The molecule has 2 rings (SSSR count). The number of nitrogens with zero attached hydrogens (tertiary/aromatic N) is 1. The van der Waals surface area contributed by atoms with Crippen LogP contribution in [0.1, 0.15) is 17.2 Å². The molecule has 1 heterocycles. The highest BCUT2D eigenvalue weighted by atomic mass is 35.5. The molecular weight excluding hydrogens is 331 g/mol. The van der Waals surface area contributed by atoms with Gasteiger partial charge in [0.25, 0.3) is 6.43 Å². The molecule has 1 aromatic rings. The largest absolute Gasteiger partial charge is 0.314 e. The van der Waals surface area contributed by atoms with Gasteiger partial charge in [-0.1, -0.05) is 6.07 Å². The van der Waals surface area contributed by atoms with Gasteiger partial charge in [0, 0.05) is 31.7 Å². The first-order valence-corrected chi connectivity index (χ1v) is 6.19. The quantitative estimate of drug-likeness (QED) is 0.843. The van der Waals surface area contributed by atoms with E-state index in [4.69, 9.17) is 0 Å². The Morgan fingerprint density at radius 1 is 1.10 bits per heavy atom. The van der Waals surface area contributed by atoms with Gasteiger partial charge in [-0.05, 0) is 18.6 Å². The summed E-state index contributed by atoms with van der Waals surface area (Å²) in [6.07, 6.45) is -2.83. The van der Waals surface area contributed by atoms with Crippen molar-refractivity contribution < 1.29 is 17.6 Å². The minimum Gasteiger partial charge on any atom is -0.314 e. The van der Waals surface area contributed by atoms with Gasteiger partial charge in [0.1, 0.15) is 17.7 Å². The molecule has 0 bridgehead atoms. The fourth-order valence-corrected chi connectivity index (χ4v) is 2.38. The summed E-state index contributed by atoms with van der Waals surface area (Å²) >= 11 is 0. The van der Waals surface area contributed by atoms with Gasteiger partial charge in [-0.2, -0.15) is 0 Å². The molecule has 122 valence electrons. The van der Waals surface area contributed by atoms with Crippen LogP contribution < -0.4 is 5.32 Å². The number of piperazine rings is 1. The van der Waals surface area contributed by atoms with Crippen molar-refractivity contribution in [2.45, 2.75) is 19.4 Å². The Bertz CT molecular complexity index is 454. The third-order valence-corrected chi connectivity index (χ3v) is 3.40. The number of halogens is 6. The summed E-state index contributed by atoms with van der Waals surface area (Å²) in [5, 5.41) is 3.03. The van der Waals surface area contributed by atoms with Crippen molar-refractivity contribution in [3.8, 4) is 0 Å². The maximum atomic E-state index is 14.0. The van der Waals surface area contributed by atoms with Crippen molar-refractivity contribution in [3.05, 3.63) is 34.9 Å². The number of aryl methyl sites for hydroxylation is 1. The Morgan fingerprint density at radius 2 is 1.67 bits per heavy atom. The van der Waals surface area contributed by atoms with Gasteiger partial charge in [-0.25, -0.2) is 17.6 Å². The van der Waals surface area contributed by atoms with Crippen molar-refractivity contribution in [3.63, 3.8) is 0 Å². The van der Waals surface area contributed by atoms with Gasteiger partial charge in [0.2, 0.25) is 0 Å². The molecule has 1 atom stereocenters. The molecule has 0 unspecified atom stereocenters. The van der Waals surface area contributed by atoms with Crippen LogP contribution in [0.3, 0.4) is 0 Å². The van der Waals surface area contributed by atoms with E-state index in [1.165, 1.54) is 17.9 Å². The standard InChI is InChI=1S/C13H16F4N2.2ClH/c1-8-2-3-9(14)10(11(8)15)12(13(16)17)19-6-4-18-5-7-19;;/h2-3,12-13,18H,4-7H2,1H3;2*1H/t12-;;/m1../s1. The van der Waals surface area contributed by atoms with Gasteiger partial charge in [-0.15, -0.1) is 24.8 Å². The molecule has 0 saturated carbocycles. The Labute approximate surface area is 133 Å². The second kappa shape index (κ2) is 8.78. The molecule has 1 fully saturated rings. The molecule has 1 saturated heterocycles. The number of hydrogen-bond donors (Lipinski definition) is 1. The molecule has 1 aromatic carbocycles. The summed E-state index contributed by atoms with van der Waals surface area (Å²) < 4.78 is 54.3. The summed E-state index contributed by atoms with van der Waals surface area (Å²) in [4.78, 5) is 1.43. The fourth-order valence-electron chi connectivity index (χ4n) is 2.38. The zero-order chi connectivity index (χ0) is 14.0. The average Bonchev–Trinajstić information content (AvgIpc) is 2.39. The van der Waals surface area contributed by atoms with Crippen LogP contribution in [-0.2, 0) is 0 Å². The van der Waals surface area contributed by atoms with Crippen LogP contribution >= 0.6 is 24.8 Å². The molecule has 1 N–H and O–H groups in total. The lowest BCUT2D eigenvalue weighted by molar-refractivity contribution is 0.0144. The SMILES string of the molecule is Cc1ccc(F)c([C@H](C(F)F)N2CCNCC2)c1F.Cl.Cl. The van der Waals surface area contributed by atoms with Crippen molar-refractivity contribution in [2.24, 2.45) is 0 Å². The highest BCUT2D eigenvalue weighted by molar-refractivity contribution is 5.85. The van der Waals surface area contributed by atoms with E-state index in [0.29, 0.717) is 26.2 Å². The van der Waals surface area contributed by atoms with Gasteiger partial charge in [-0.3, -0.25) is 4.90 Å². The number of hydrogen-bond acceptors (Lipinski definition) is 2. The molecule has 1 aliphatic heterocycles. The Balaban J connectivity index is 0.00000200. The second-order valence-electron chi connectivity index (χ2n) is 4.66. The van der Waals surface area contributed by atoms with Crippen LogP contribution in [0.15, 0.2) is 12.1 Å². The molecule has 0 spiro atoms. The lowest BCUT2D eigenvalue weighted by atomic mass is 10.0. The Kier molecular flexibility index (Phi) is 8.54. The first-order chi connectivity index (χ1) is 9.02. The molecule has 0 aliphatic carbocycles. The van der Waals surface area contributed by atoms with Crippen molar-refractivity contribution in [1.29, 1.82) is 0 Å². The monoisotopic (exact) mass is 348 g/mol. The van der Waals surface area contributed by atoms with E-state index in [1.807, 2.05) is 0 Å². The van der Waals surface area contributed by atoms with Crippen LogP contribution in [0.4, 0.5) is 17.6 Å². The van der Waals surface area contributed by atoms with Crippen LogP contribution in [0.5, 0.6) is 0 Å². The van der Waals surface area contributed by atoms with Crippen LogP contribution in [-0.4, -0.2) is 37.5 Å². The van der Waals surface area contributed by atoms with E-state index < -0.39 is 29.7 Å². The third kappa shape index (κ3) is 4.45. The summed E-state index contributed by atoms with van der Waals surface area (Å²) in [5.74, 6) is -1.78. The zero-order valence-electron chi connectivity index (χ0n) is 11.4. The first kappa shape index (κ1) is 20.4. The van der Waals surface area contributed by atoms with Crippen molar-refractivity contribution >= 4 is 24.8 Å². The maximum absolute atomic E-state index is 14.0. The molecule has 8 heteroatoms. The molecule has 1 aliphatic rings. The van der Waals surface area contributed by atoms with E-state index >= 15 is 0 Å². The van der Waals surface area contributed by atoms with Gasteiger partial charge >= 0.3 is 0 Å². The molecule has 0 radical (unpaired) electrons. The summed E-state index contributed by atoms with van der Waals surface area (Å²) in [6.45, 7) is 3.22. The summed E-state index contributed by atoms with van der Waals surface area (Å²) in [7, 11) is 0. The predicted octanol–water partition coefficient (Wildman–Crippen LogP) is 3.33. The lowest BCUT2D eigenvalue weighted by Gasteiger charge is -2.35. The van der Waals surface area contributed by atoms with E-state index in [0.717, 1.165) is 6.07 Å². The number of alkyl halides is 2. The topological polar surface area (TPSA) is 15.3 Å². The van der Waals surface area contributed by atoms with Crippen molar-refractivity contribution in [1.82, 2.24) is 10.2 Å². The number of benzene rings is 1. The molecule has 0 amide bonds. The van der Waals surface area contributed by atoms with Crippen LogP contribution in [0, 0.1) is 18.6 Å². The number of rotatable bonds is 3. The van der Waals surface area contributed by atoms with E-state index in [9.17, 15) is 17.6 Å². The average molecular weight is 349 g/mol. The fraction of sp³-hybridized carbons (Fsp3) is 0.538. The third-order valence-electron chi connectivity index (χ3n) is 3.40. The minimum atomic E-state index is -2.83. The second-order valence-corrected chi connectivity index (χ2v) is 4.66. The first-order valence-electron chi connectivity index (χ1n) is 6.19. The van der Waals surface area contributed by atoms with Crippen LogP contribution in [0.25, 0.3) is 0 Å². The Hall–Kier alpha value is -0.560. The predicted molar refractivity (Wildman–Crippen MR) is 78.8 cm³/mol. The smallest absolute Gasteiger partial charge is 0.258 e. The van der Waals surface area contributed by atoms with Gasteiger partial charge < -0.3 is 5.32 Å². The summed E-state index contributed by atoms with van der Waals surface area (Å²) in [5.41, 5.74) is -0.339. The molecule has 0 aromatic heterocycles. The summed E-state index contributed by atoms with van der Waals surface area (Å²) in [6, 6.07) is 0.779. The molecular formula is C13H18Cl2F4N2. The Morgan fingerprint density at radius 3 is 2.19 bits per heavy atom. The van der Waals surface area contributed by atoms with E-state index in [2.05, 4.69) is 5.32 Å². The normalized spacial score (nSPS) is 17.0. The van der Waals surface area contributed by atoms with Gasteiger partial charge in [0.05, 0.1) is 0 Å². The van der Waals surface area contributed by atoms with Crippen molar-refractivity contribution in [2.75, 3.05) is 26.2 Å². The van der Waals surface area contributed by atoms with Gasteiger partial charge in [0.15, 0.2) is 0 Å². The highest BCUT2D eigenvalue weighted by Gasteiger charge is 2.34. The minimum absolute atomic E-state index is 0. The maximum Gasteiger partial charge on any atom is 0.258 e. The zero-order valence-corrected chi connectivity index (χ0v) is 13.0. The van der Waals surface area contributed by atoms with E-state index in [-0.39, 0.29) is 30.4 Å². The number of nitrogens with one attached hydrogen (secondary N) is 1. The lowest BCUT2D eigenvalue weighted by Crippen LogP contribution is -2.47. The van der Waals surface area contributed by atoms with Crippen LogP contribution in [0.2, 0.25) is 0 Å². The molecule has 2 nitrogen and oxygen atoms in total. The highest BCUT2D eigenvalue weighted by Crippen LogP contribution is 2.32. The molecule has 21 heavy (non-hydrogen) atoms.